The number of esters is 1. The second-order valence-electron chi connectivity index (χ2n) is 3.94. The molecule has 0 aromatic rings. The summed E-state index contributed by atoms with van der Waals surface area (Å²) in [6, 6.07) is 0. The first-order valence-electron chi connectivity index (χ1n) is 5.13. The van der Waals surface area contributed by atoms with E-state index < -0.39 is 5.60 Å². The highest BCUT2D eigenvalue weighted by molar-refractivity contribution is 5.72. The molecular formula is C10H21NO4. The predicted molar refractivity (Wildman–Crippen MR) is 56.4 cm³/mol. The van der Waals surface area contributed by atoms with Gasteiger partial charge in [0.15, 0.2) is 0 Å². The van der Waals surface area contributed by atoms with Gasteiger partial charge in [0.1, 0.15) is 0 Å². The van der Waals surface area contributed by atoms with Gasteiger partial charge in [0.2, 0.25) is 0 Å². The molecule has 0 bridgehead atoms. The van der Waals surface area contributed by atoms with Gasteiger partial charge >= 0.3 is 5.97 Å². The van der Waals surface area contributed by atoms with Gasteiger partial charge in [-0.15, -0.1) is 0 Å². The van der Waals surface area contributed by atoms with Crippen LogP contribution in [0, 0.1) is 5.92 Å². The molecule has 0 radical (unpaired) electrons. The normalized spacial score (nSPS) is 16.9. The largest absolute Gasteiger partial charge is 0.466 e. The zero-order valence-corrected chi connectivity index (χ0v) is 9.62. The number of ether oxygens (including phenoxy) is 1. The molecule has 2 atom stereocenters. The number of hydrogen-bond donors (Lipinski definition) is 3. The van der Waals surface area contributed by atoms with E-state index in [0.29, 0.717) is 13.2 Å². The number of carbonyl (C=O) groups excluding carboxylic acids is 1. The van der Waals surface area contributed by atoms with Crippen molar-refractivity contribution in [1.29, 1.82) is 0 Å². The topological polar surface area (TPSA) is 78.8 Å². The lowest BCUT2D eigenvalue weighted by Crippen LogP contribution is -2.43. The van der Waals surface area contributed by atoms with E-state index in [-0.39, 0.29) is 25.0 Å². The maximum atomic E-state index is 11.2. The zero-order chi connectivity index (χ0) is 11.9. The summed E-state index contributed by atoms with van der Waals surface area (Å²) < 4.78 is 4.82. The van der Waals surface area contributed by atoms with Crippen LogP contribution in [-0.4, -0.2) is 48.1 Å². The molecule has 2 unspecified atom stereocenters. The summed E-state index contributed by atoms with van der Waals surface area (Å²) in [6.45, 7) is 5.76. The zero-order valence-electron chi connectivity index (χ0n) is 9.62. The molecule has 0 aliphatic heterocycles. The summed E-state index contributed by atoms with van der Waals surface area (Å²) in [5.74, 6) is -0.506. The van der Waals surface area contributed by atoms with E-state index in [9.17, 15) is 9.90 Å². The van der Waals surface area contributed by atoms with E-state index in [1.807, 2.05) is 0 Å². The summed E-state index contributed by atoms with van der Waals surface area (Å²) in [6.07, 6.45) is 0. The predicted octanol–water partition coefficient (Wildman–Crippen LogP) is -0.481. The lowest BCUT2D eigenvalue weighted by molar-refractivity contribution is -0.147. The first-order valence-corrected chi connectivity index (χ1v) is 5.13. The van der Waals surface area contributed by atoms with Crippen LogP contribution in [0.3, 0.4) is 0 Å². The van der Waals surface area contributed by atoms with Crippen molar-refractivity contribution in [2.75, 3.05) is 26.3 Å². The van der Waals surface area contributed by atoms with Gasteiger partial charge in [-0.2, -0.15) is 0 Å². The molecule has 0 saturated heterocycles. The fraction of sp³-hybridized carbons (Fsp3) is 0.900. The minimum absolute atomic E-state index is 0.243. The van der Waals surface area contributed by atoms with Crippen molar-refractivity contribution in [2.45, 2.75) is 26.4 Å². The highest BCUT2D eigenvalue weighted by atomic mass is 16.5. The fourth-order valence-corrected chi connectivity index (χ4v) is 0.982. The molecule has 0 heterocycles. The summed E-state index contributed by atoms with van der Waals surface area (Å²) in [5.41, 5.74) is -1.14. The Kier molecular flexibility index (Phi) is 6.47. The molecule has 5 heteroatoms. The van der Waals surface area contributed by atoms with Gasteiger partial charge in [-0.25, -0.2) is 0 Å². The summed E-state index contributed by atoms with van der Waals surface area (Å²) >= 11 is 0. The maximum Gasteiger partial charge on any atom is 0.309 e. The highest BCUT2D eigenvalue weighted by Crippen LogP contribution is 2.01. The lowest BCUT2D eigenvalue weighted by Gasteiger charge is -2.21. The summed E-state index contributed by atoms with van der Waals surface area (Å²) in [5, 5.41) is 21.1. The lowest BCUT2D eigenvalue weighted by atomic mass is 10.1. The standard InChI is InChI=1S/C10H21NO4/c1-4-15-9(13)8(2)5-11-6-10(3,14)7-12/h8,11-12,14H,4-7H2,1-3H3. The van der Waals surface area contributed by atoms with E-state index in [1.165, 1.54) is 6.92 Å². The van der Waals surface area contributed by atoms with Crippen LogP contribution >= 0.6 is 0 Å². The molecule has 0 aromatic heterocycles. The van der Waals surface area contributed by atoms with E-state index >= 15 is 0 Å². The Morgan fingerprint density at radius 2 is 2.20 bits per heavy atom. The van der Waals surface area contributed by atoms with Crippen molar-refractivity contribution in [1.82, 2.24) is 5.32 Å². The molecule has 0 amide bonds. The van der Waals surface area contributed by atoms with E-state index in [0.717, 1.165) is 0 Å². The third-order valence-electron chi connectivity index (χ3n) is 1.99. The molecule has 15 heavy (non-hydrogen) atoms. The van der Waals surface area contributed by atoms with Crippen LogP contribution in [0.1, 0.15) is 20.8 Å². The smallest absolute Gasteiger partial charge is 0.309 e. The number of aliphatic hydroxyl groups excluding tert-OH is 1. The van der Waals surface area contributed by atoms with Gasteiger partial charge in [0.05, 0.1) is 24.7 Å². The Hall–Kier alpha value is -0.650. The Morgan fingerprint density at radius 3 is 2.67 bits per heavy atom. The maximum absolute atomic E-state index is 11.2. The van der Waals surface area contributed by atoms with Crippen LogP contribution in [0.4, 0.5) is 0 Å². The first kappa shape index (κ1) is 14.3. The van der Waals surface area contributed by atoms with Gasteiger partial charge in [-0.3, -0.25) is 4.79 Å². The number of rotatable bonds is 7. The van der Waals surface area contributed by atoms with Crippen LogP contribution in [0.15, 0.2) is 0 Å². The Labute approximate surface area is 90.4 Å². The average Bonchev–Trinajstić information content (AvgIpc) is 2.18. The second-order valence-corrected chi connectivity index (χ2v) is 3.94. The molecule has 0 aromatic carbocycles. The average molecular weight is 219 g/mol. The van der Waals surface area contributed by atoms with Crippen molar-refractivity contribution < 1.29 is 19.7 Å². The van der Waals surface area contributed by atoms with Crippen molar-refractivity contribution in [3.8, 4) is 0 Å². The van der Waals surface area contributed by atoms with Crippen LogP contribution in [0.25, 0.3) is 0 Å². The quantitative estimate of drug-likeness (QED) is 0.504. The van der Waals surface area contributed by atoms with Crippen LogP contribution in [-0.2, 0) is 9.53 Å². The summed E-state index contributed by atoms with van der Waals surface area (Å²) in [4.78, 5) is 11.2. The van der Waals surface area contributed by atoms with Crippen molar-refractivity contribution in [3.63, 3.8) is 0 Å². The van der Waals surface area contributed by atoms with Crippen LogP contribution in [0.5, 0.6) is 0 Å². The van der Waals surface area contributed by atoms with Gasteiger partial charge in [0.25, 0.3) is 0 Å². The Balaban J connectivity index is 3.72. The van der Waals surface area contributed by atoms with Crippen LogP contribution < -0.4 is 5.32 Å². The fourth-order valence-electron chi connectivity index (χ4n) is 0.982. The molecule has 5 nitrogen and oxygen atoms in total. The summed E-state index contributed by atoms with van der Waals surface area (Å²) in [7, 11) is 0. The number of hydrogen-bond acceptors (Lipinski definition) is 5. The molecule has 0 fully saturated rings. The number of carbonyl (C=O) groups is 1. The molecule has 90 valence electrons. The molecule has 0 aliphatic carbocycles. The molecule has 0 aliphatic rings. The highest BCUT2D eigenvalue weighted by Gasteiger charge is 2.20. The SMILES string of the molecule is CCOC(=O)C(C)CNCC(C)(O)CO. The van der Waals surface area contributed by atoms with Crippen molar-refractivity contribution in [3.05, 3.63) is 0 Å². The van der Waals surface area contributed by atoms with E-state index in [2.05, 4.69) is 5.32 Å². The Morgan fingerprint density at radius 1 is 1.60 bits per heavy atom. The number of aliphatic hydroxyl groups is 2. The van der Waals surface area contributed by atoms with Gasteiger partial charge < -0.3 is 20.3 Å². The van der Waals surface area contributed by atoms with E-state index in [4.69, 9.17) is 9.84 Å². The third kappa shape index (κ3) is 6.43. The number of nitrogens with one attached hydrogen (secondary N) is 1. The van der Waals surface area contributed by atoms with Gasteiger partial charge in [0, 0.05) is 13.1 Å². The minimum atomic E-state index is -1.14. The molecular weight excluding hydrogens is 198 g/mol. The molecule has 0 rings (SSSR count). The van der Waals surface area contributed by atoms with Crippen LogP contribution in [0.2, 0.25) is 0 Å². The second kappa shape index (κ2) is 6.76. The molecule has 3 N–H and O–H groups in total. The third-order valence-corrected chi connectivity index (χ3v) is 1.99. The Bertz CT molecular complexity index is 194. The first-order chi connectivity index (χ1) is 6.93. The van der Waals surface area contributed by atoms with Crippen molar-refractivity contribution >= 4 is 5.97 Å². The van der Waals surface area contributed by atoms with Gasteiger partial charge in [-0.1, -0.05) is 6.92 Å². The minimum Gasteiger partial charge on any atom is -0.466 e. The van der Waals surface area contributed by atoms with Gasteiger partial charge in [-0.05, 0) is 13.8 Å². The monoisotopic (exact) mass is 219 g/mol. The molecule has 0 spiro atoms. The van der Waals surface area contributed by atoms with Crippen molar-refractivity contribution in [2.24, 2.45) is 5.92 Å². The van der Waals surface area contributed by atoms with E-state index in [1.54, 1.807) is 13.8 Å². The molecule has 0 saturated carbocycles.